The summed E-state index contributed by atoms with van der Waals surface area (Å²) in [6.45, 7) is 2.09. The molecule has 0 aliphatic carbocycles. The maximum atomic E-state index is 13.1. The Labute approximate surface area is 129 Å². The number of rotatable bonds is 4. The number of hydrogen-bond donors (Lipinski definition) is 1. The van der Waals surface area contributed by atoms with Crippen molar-refractivity contribution in [2.45, 2.75) is 19.8 Å². The molecule has 2 aromatic carbocycles. The first-order valence-electron chi connectivity index (χ1n) is 7.54. The molecule has 3 rings (SSSR count). The Morgan fingerprint density at radius 3 is 2.55 bits per heavy atom. The highest BCUT2D eigenvalue weighted by atomic mass is 16.1. The third-order valence-corrected chi connectivity index (χ3v) is 3.72. The van der Waals surface area contributed by atoms with Crippen molar-refractivity contribution in [1.82, 2.24) is 9.55 Å². The Hall–Kier alpha value is -2.62. The van der Waals surface area contributed by atoms with Gasteiger partial charge in [-0.3, -0.25) is 9.36 Å². The first-order valence-corrected chi connectivity index (χ1v) is 7.54. The third-order valence-electron chi connectivity index (χ3n) is 3.72. The Balaban J connectivity index is 2.40. The molecule has 0 saturated heterocycles. The molecule has 4 nitrogen and oxygen atoms in total. The minimum absolute atomic E-state index is 0.0235. The van der Waals surface area contributed by atoms with Crippen LogP contribution in [0.2, 0.25) is 0 Å². The van der Waals surface area contributed by atoms with Crippen LogP contribution >= 0.6 is 0 Å². The fraction of sp³-hybridized carbons (Fsp3) is 0.222. The van der Waals surface area contributed by atoms with E-state index in [2.05, 4.69) is 12.2 Å². The minimum atomic E-state index is -0.0235. The number of fused-ring (bicyclic) bond motifs is 1. The summed E-state index contributed by atoms with van der Waals surface area (Å²) in [5, 5.41) is 3.72. The number of hydrogen-bond acceptors (Lipinski definition) is 3. The molecule has 4 heteroatoms. The number of benzene rings is 2. The Morgan fingerprint density at radius 2 is 1.86 bits per heavy atom. The lowest BCUT2D eigenvalue weighted by Gasteiger charge is -2.14. The van der Waals surface area contributed by atoms with Gasteiger partial charge in [0.1, 0.15) is 5.82 Å². The molecule has 0 aliphatic heterocycles. The number of anilines is 1. The van der Waals surface area contributed by atoms with Gasteiger partial charge in [-0.05, 0) is 30.7 Å². The lowest BCUT2D eigenvalue weighted by atomic mass is 10.1. The minimum Gasteiger partial charge on any atom is -0.387 e. The number of aromatic nitrogens is 2. The van der Waals surface area contributed by atoms with E-state index in [1.807, 2.05) is 55.6 Å². The summed E-state index contributed by atoms with van der Waals surface area (Å²) in [6.07, 6.45) is 1.71. The fourth-order valence-electron chi connectivity index (χ4n) is 2.72. The van der Waals surface area contributed by atoms with E-state index in [0.29, 0.717) is 5.39 Å². The van der Waals surface area contributed by atoms with Crippen molar-refractivity contribution >= 4 is 16.6 Å². The molecule has 0 radical (unpaired) electrons. The standard InChI is InChI=1S/C18H19N3O/c1-3-8-16-20-15-12-7-11-14(19-2)17(15)18(22)21(16)13-9-5-4-6-10-13/h4-7,9-12,19H,3,8H2,1-2H3. The van der Waals surface area contributed by atoms with E-state index >= 15 is 0 Å². The van der Waals surface area contributed by atoms with Gasteiger partial charge < -0.3 is 5.32 Å². The maximum Gasteiger partial charge on any atom is 0.268 e. The number of para-hydroxylation sites is 1. The molecule has 1 N–H and O–H groups in total. The topological polar surface area (TPSA) is 46.9 Å². The van der Waals surface area contributed by atoms with E-state index in [0.717, 1.165) is 35.6 Å². The van der Waals surface area contributed by atoms with Crippen molar-refractivity contribution in [2.24, 2.45) is 0 Å². The van der Waals surface area contributed by atoms with Crippen molar-refractivity contribution in [3.63, 3.8) is 0 Å². The van der Waals surface area contributed by atoms with Crippen LogP contribution in [0, 0.1) is 0 Å². The van der Waals surface area contributed by atoms with Gasteiger partial charge in [0.05, 0.1) is 16.6 Å². The molecule has 0 atom stereocenters. The molecule has 0 unspecified atom stereocenters. The Bertz CT molecular complexity index is 853. The summed E-state index contributed by atoms with van der Waals surface area (Å²) in [5.74, 6) is 0.805. The summed E-state index contributed by atoms with van der Waals surface area (Å²) in [6, 6.07) is 15.4. The number of nitrogens with zero attached hydrogens (tertiary/aromatic N) is 2. The largest absolute Gasteiger partial charge is 0.387 e. The van der Waals surface area contributed by atoms with Crippen molar-refractivity contribution in [1.29, 1.82) is 0 Å². The molecular formula is C18H19N3O. The summed E-state index contributed by atoms with van der Waals surface area (Å²) in [4.78, 5) is 17.8. The smallest absolute Gasteiger partial charge is 0.268 e. The number of aryl methyl sites for hydroxylation is 1. The van der Waals surface area contributed by atoms with Crippen LogP contribution in [0.3, 0.4) is 0 Å². The second-order valence-corrected chi connectivity index (χ2v) is 5.20. The van der Waals surface area contributed by atoms with E-state index in [4.69, 9.17) is 4.98 Å². The average Bonchev–Trinajstić information content (AvgIpc) is 2.55. The molecule has 0 bridgehead atoms. The normalized spacial score (nSPS) is 10.8. The predicted molar refractivity (Wildman–Crippen MR) is 90.9 cm³/mol. The van der Waals surface area contributed by atoms with Crippen molar-refractivity contribution in [3.8, 4) is 5.69 Å². The molecule has 0 fully saturated rings. The summed E-state index contributed by atoms with van der Waals surface area (Å²) in [7, 11) is 1.82. The van der Waals surface area contributed by atoms with Crippen molar-refractivity contribution < 1.29 is 0 Å². The van der Waals surface area contributed by atoms with Crippen LogP contribution in [-0.2, 0) is 6.42 Å². The van der Waals surface area contributed by atoms with Gasteiger partial charge in [-0.25, -0.2) is 4.98 Å². The quantitative estimate of drug-likeness (QED) is 0.802. The van der Waals surface area contributed by atoms with Crippen LogP contribution in [-0.4, -0.2) is 16.6 Å². The molecule has 3 aromatic rings. The first kappa shape index (κ1) is 14.3. The molecule has 1 aromatic heterocycles. The van der Waals surface area contributed by atoms with Gasteiger partial charge in [0.25, 0.3) is 5.56 Å². The SMILES string of the molecule is CCCc1nc2cccc(NC)c2c(=O)n1-c1ccccc1. The predicted octanol–water partition coefficient (Wildman–Crippen LogP) is 3.38. The molecular weight excluding hydrogens is 274 g/mol. The first-order chi connectivity index (χ1) is 10.8. The van der Waals surface area contributed by atoms with Crippen LogP contribution in [0.5, 0.6) is 0 Å². The van der Waals surface area contributed by atoms with Crippen LogP contribution in [0.25, 0.3) is 16.6 Å². The third kappa shape index (κ3) is 2.37. The van der Waals surface area contributed by atoms with Gasteiger partial charge in [0.15, 0.2) is 0 Å². The molecule has 0 amide bonds. The summed E-state index contributed by atoms with van der Waals surface area (Å²) >= 11 is 0. The lowest BCUT2D eigenvalue weighted by Crippen LogP contribution is -2.24. The van der Waals surface area contributed by atoms with Crippen LogP contribution < -0.4 is 10.9 Å². The van der Waals surface area contributed by atoms with E-state index in [1.54, 1.807) is 4.57 Å². The molecule has 112 valence electrons. The second kappa shape index (κ2) is 6.02. The van der Waals surface area contributed by atoms with E-state index in [9.17, 15) is 4.79 Å². The number of nitrogens with one attached hydrogen (secondary N) is 1. The van der Waals surface area contributed by atoms with Crippen LogP contribution in [0.15, 0.2) is 53.3 Å². The van der Waals surface area contributed by atoms with Gasteiger partial charge in [-0.2, -0.15) is 0 Å². The average molecular weight is 293 g/mol. The maximum absolute atomic E-state index is 13.1. The van der Waals surface area contributed by atoms with Gasteiger partial charge in [-0.1, -0.05) is 31.2 Å². The molecule has 0 saturated carbocycles. The highest BCUT2D eigenvalue weighted by Gasteiger charge is 2.14. The summed E-state index contributed by atoms with van der Waals surface area (Å²) < 4.78 is 1.73. The zero-order valence-corrected chi connectivity index (χ0v) is 12.8. The van der Waals surface area contributed by atoms with E-state index in [-0.39, 0.29) is 5.56 Å². The van der Waals surface area contributed by atoms with Crippen LogP contribution in [0.4, 0.5) is 5.69 Å². The Morgan fingerprint density at radius 1 is 1.09 bits per heavy atom. The van der Waals surface area contributed by atoms with Gasteiger partial charge in [-0.15, -0.1) is 0 Å². The Kier molecular flexibility index (Phi) is 3.92. The van der Waals surface area contributed by atoms with Gasteiger partial charge in [0.2, 0.25) is 0 Å². The molecule has 0 spiro atoms. The molecule has 0 aliphatic rings. The molecule has 22 heavy (non-hydrogen) atoms. The lowest BCUT2D eigenvalue weighted by molar-refractivity contribution is 0.775. The zero-order chi connectivity index (χ0) is 15.5. The van der Waals surface area contributed by atoms with Gasteiger partial charge >= 0.3 is 0 Å². The second-order valence-electron chi connectivity index (χ2n) is 5.20. The highest BCUT2D eigenvalue weighted by Crippen LogP contribution is 2.20. The van der Waals surface area contributed by atoms with E-state index < -0.39 is 0 Å². The fourth-order valence-corrected chi connectivity index (χ4v) is 2.72. The summed E-state index contributed by atoms with van der Waals surface area (Å²) in [5.41, 5.74) is 2.39. The monoisotopic (exact) mass is 293 g/mol. The zero-order valence-electron chi connectivity index (χ0n) is 12.8. The van der Waals surface area contributed by atoms with E-state index in [1.165, 1.54) is 0 Å². The van der Waals surface area contributed by atoms with Crippen LogP contribution in [0.1, 0.15) is 19.2 Å². The van der Waals surface area contributed by atoms with Crippen molar-refractivity contribution in [2.75, 3.05) is 12.4 Å². The van der Waals surface area contributed by atoms with Crippen molar-refractivity contribution in [3.05, 3.63) is 64.7 Å². The van der Waals surface area contributed by atoms with Gasteiger partial charge in [0, 0.05) is 19.2 Å². The highest BCUT2D eigenvalue weighted by molar-refractivity contribution is 5.90. The molecule has 1 heterocycles.